The first-order valence-electron chi connectivity index (χ1n) is 5.31. The molecule has 1 N–H and O–H groups in total. The van der Waals surface area contributed by atoms with Crippen LogP contribution in [0.25, 0.3) is 0 Å². The van der Waals surface area contributed by atoms with Crippen molar-refractivity contribution < 1.29 is 19.4 Å². The van der Waals surface area contributed by atoms with Gasteiger partial charge < -0.3 is 14.6 Å². The van der Waals surface area contributed by atoms with Crippen LogP contribution >= 0.6 is 15.9 Å². The van der Waals surface area contributed by atoms with Crippen LogP contribution in [0.5, 0.6) is 17.4 Å². The van der Waals surface area contributed by atoms with E-state index in [1.165, 1.54) is 19.4 Å². The average Bonchev–Trinajstić information content (AvgIpc) is 2.39. The van der Waals surface area contributed by atoms with Crippen molar-refractivity contribution in [2.24, 2.45) is 0 Å². The monoisotopic (exact) mass is 323 g/mol. The Bertz CT molecular complexity index is 598. The number of pyridine rings is 1. The van der Waals surface area contributed by atoms with E-state index in [0.717, 1.165) is 4.47 Å². The first kappa shape index (κ1) is 13.4. The van der Waals surface area contributed by atoms with E-state index < -0.39 is 5.97 Å². The molecule has 98 valence electrons. The van der Waals surface area contributed by atoms with Crippen LogP contribution in [0.3, 0.4) is 0 Å². The number of hydrogen-bond acceptors (Lipinski definition) is 4. The number of halogens is 1. The summed E-state index contributed by atoms with van der Waals surface area (Å²) in [7, 11) is 1.54. The molecular formula is C13H10BrNO4. The lowest BCUT2D eigenvalue weighted by molar-refractivity contribution is 0.0694. The summed E-state index contributed by atoms with van der Waals surface area (Å²) in [4.78, 5) is 15.1. The number of nitrogens with zero attached hydrogens (tertiary/aromatic N) is 1. The van der Waals surface area contributed by atoms with Crippen LogP contribution in [-0.4, -0.2) is 23.2 Å². The zero-order chi connectivity index (χ0) is 13.8. The van der Waals surface area contributed by atoms with Crippen molar-refractivity contribution in [3.05, 3.63) is 46.6 Å². The van der Waals surface area contributed by atoms with Gasteiger partial charge in [0.2, 0.25) is 5.88 Å². The third-order valence-corrected chi connectivity index (χ3v) is 2.83. The summed E-state index contributed by atoms with van der Waals surface area (Å²) >= 11 is 3.27. The van der Waals surface area contributed by atoms with Crippen molar-refractivity contribution in [2.45, 2.75) is 0 Å². The second-order valence-electron chi connectivity index (χ2n) is 3.58. The zero-order valence-electron chi connectivity index (χ0n) is 9.96. The van der Waals surface area contributed by atoms with Crippen molar-refractivity contribution >= 4 is 21.9 Å². The van der Waals surface area contributed by atoms with Gasteiger partial charge in [-0.25, -0.2) is 9.78 Å². The topological polar surface area (TPSA) is 68.7 Å². The fourth-order valence-electron chi connectivity index (χ4n) is 1.42. The van der Waals surface area contributed by atoms with E-state index in [4.69, 9.17) is 14.6 Å². The first-order chi connectivity index (χ1) is 9.10. The molecule has 0 aliphatic rings. The minimum absolute atomic E-state index is 0.0702. The van der Waals surface area contributed by atoms with Gasteiger partial charge in [0, 0.05) is 10.5 Å². The molecule has 5 nitrogen and oxygen atoms in total. The summed E-state index contributed by atoms with van der Waals surface area (Å²) in [6.45, 7) is 0. The highest BCUT2D eigenvalue weighted by molar-refractivity contribution is 9.10. The summed E-state index contributed by atoms with van der Waals surface area (Å²) in [5.41, 5.74) is 0.0702. The average molecular weight is 324 g/mol. The van der Waals surface area contributed by atoms with E-state index in [9.17, 15) is 4.79 Å². The fourth-order valence-corrected chi connectivity index (χ4v) is 1.76. The molecule has 19 heavy (non-hydrogen) atoms. The van der Waals surface area contributed by atoms with Crippen LogP contribution in [-0.2, 0) is 0 Å². The minimum Gasteiger partial charge on any atom is -0.495 e. The summed E-state index contributed by atoms with van der Waals surface area (Å²) < 4.78 is 11.2. The highest BCUT2D eigenvalue weighted by Crippen LogP contribution is 2.28. The largest absolute Gasteiger partial charge is 0.495 e. The predicted octanol–water partition coefficient (Wildman–Crippen LogP) is 3.34. The first-order valence-corrected chi connectivity index (χ1v) is 6.10. The van der Waals surface area contributed by atoms with E-state index in [1.54, 1.807) is 24.3 Å². The molecule has 1 aromatic carbocycles. The summed E-state index contributed by atoms with van der Waals surface area (Å²) in [6, 6.07) is 7.96. The Morgan fingerprint density at radius 1 is 1.32 bits per heavy atom. The van der Waals surface area contributed by atoms with Crippen molar-refractivity contribution in [3.63, 3.8) is 0 Å². The van der Waals surface area contributed by atoms with Crippen molar-refractivity contribution in [1.29, 1.82) is 0 Å². The second kappa shape index (κ2) is 5.71. The van der Waals surface area contributed by atoms with Crippen LogP contribution in [0.15, 0.2) is 41.0 Å². The standard InChI is InChI=1S/C13H10BrNO4/c1-18-9-3-5-12(15-7-9)19-11-6-8(14)2-4-10(11)13(16)17/h2-7H,1H3,(H,16,17). The molecule has 0 saturated carbocycles. The zero-order valence-corrected chi connectivity index (χ0v) is 11.5. The normalized spacial score (nSPS) is 10.0. The van der Waals surface area contributed by atoms with Crippen molar-refractivity contribution in [2.75, 3.05) is 7.11 Å². The number of benzene rings is 1. The molecule has 0 aliphatic heterocycles. The number of carbonyl (C=O) groups is 1. The highest BCUT2D eigenvalue weighted by Gasteiger charge is 2.13. The quantitative estimate of drug-likeness (QED) is 0.934. The Labute approximate surface area is 117 Å². The number of carboxylic acid groups (broad SMARTS) is 1. The van der Waals surface area contributed by atoms with Gasteiger partial charge in [0.1, 0.15) is 17.1 Å². The van der Waals surface area contributed by atoms with Gasteiger partial charge in [-0.3, -0.25) is 0 Å². The third kappa shape index (κ3) is 3.23. The van der Waals surface area contributed by atoms with Crippen LogP contribution in [0.1, 0.15) is 10.4 Å². The van der Waals surface area contributed by atoms with E-state index in [-0.39, 0.29) is 11.3 Å². The molecule has 0 atom stereocenters. The molecule has 0 unspecified atom stereocenters. The van der Waals surface area contributed by atoms with Crippen LogP contribution in [0.4, 0.5) is 0 Å². The van der Waals surface area contributed by atoms with Gasteiger partial charge in [-0.15, -0.1) is 0 Å². The molecule has 1 heterocycles. The third-order valence-electron chi connectivity index (χ3n) is 2.33. The van der Waals surface area contributed by atoms with Crippen molar-refractivity contribution in [1.82, 2.24) is 4.98 Å². The van der Waals surface area contributed by atoms with Gasteiger partial charge in [0.25, 0.3) is 0 Å². The van der Waals surface area contributed by atoms with Crippen LogP contribution < -0.4 is 9.47 Å². The number of ether oxygens (including phenoxy) is 2. The lowest BCUT2D eigenvalue weighted by atomic mass is 10.2. The lowest BCUT2D eigenvalue weighted by Gasteiger charge is -2.08. The molecule has 1 aromatic heterocycles. The highest BCUT2D eigenvalue weighted by atomic mass is 79.9. The Balaban J connectivity index is 2.31. The Hall–Kier alpha value is -2.08. The Morgan fingerprint density at radius 2 is 2.11 bits per heavy atom. The Morgan fingerprint density at radius 3 is 2.68 bits per heavy atom. The number of carboxylic acids is 1. The van der Waals surface area contributed by atoms with E-state index >= 15 is 0 Å². The molecule has 0 amide bonds. The summed E-state index contributed by atoms with van der Waals surface area (Å²) in [5, 5.41) is 9.08. The van der Waals surface area contributed by atoms with Gasteiger partial charge in [-0.1, -0.05) is 15.9 Å². The maximum atomic E-state index is 11.1. The maximum Gasteiger partial charge on any atom is 0.339 e. The number of aromatic nitrogens is 1. The van der Waals surface area contributed by atoms with Crippen LogP contribution in [0.2, 0.25) is 0 Å². The molecule has 0 aliphatic carbocycles. The van der Waals surface area contributed by atoms with E-state index in [0.29, 0.717) is 11.6 Å². The molecule has 0 spiro atoms. The molecule has 0 bridgehead atoms. The van der Waals surface area contributed by atoms with E-state index in [1.807, 2.05) is 0 Å². The summed E-state index contributed by atoms with van der Waals surface area (Å²) in [6.07, 6.45) is 1.49. The number of hydrogen-bond donors (Lipinski definition) is 1. The molecule has 6 heteroatoms. The SMILES string of the molecule is COc1ccc(Oc2cc(Br)ccc2C(=O)O)nc1. The van der Waals surface area contributed by atoms with Crippen molar-refractivity contribution in [3.8, 4) is 17.4 Å². The number of methoxy groups -OCH3 is 1. The van der Waals surface area contributed by atoms with Gasteiger partial charge in [0.05, 0.1) is 13.3 Å². The molecule has 2 rings (SSSR count). The predicted molar refractivity (Wildman–Crippen MR) is 72.0 cm³/mol. The maximum absolute atomic E-state index is 11.1. The van der Waals surface area contributed by atoms with Crippen LogP contribution in [0, 0.1) is 0 Å². The fraction of sp³-hybridized carbons (Fsp3) is 0.0769. The Kier molecular flexibility index (Phi) is 4.01. The molecule has 0 saturated heterocycles. The smallest absolute Gasteiger partial charge is 0.339 e. The van der Waals surface area contributed by atoms with Gasteiger partial charge >= 0.3 is 5.97 Å². The second-order valence-corrected chi connectivity index (χ2v) is 4.50. The molecular weight excluding hydrogens is 314 g/mol. The number of rotatable bonds is 4. The lowest BCUT2D eigenvalue weighted by Crippen LogP contribution is -2.00. The van der Waals surface area contributed by atoms with Gasteiger partial charge in [-0.2, -0.15) is 0 Å². The molecule has 0 radical (unpaired) electrons. The summed E-state index contributed by atoms with van der Waals surface area (Å²) in [5.74, 6) is 0.0528. The van der Waals surface area contributed by atoms with Gasteiger partial charge in [-0.05, 0) is 24.3 Å². The van der Waals surface area contributed by atoms with E-state index in [2.05, 4.69) is 20.9 Å². The van der Waals surface area contributed by atoms with Gasteiger partial charge in [0.15, 0.2) is 0 Å². The number of aromatic carboxylic acids is 1. The minimum atomic E-state index is -1.06. The molecule has 0 fully saturated rings. The molecule has 2 aromatic rings.